The quantitative estimate of drug-likeness (QED) is 0.469. The van der Waals surface area contributed by atoms with E-state index in [4.69, 9.17) is 4.84 Å². The van der Waals surface area contributed by atoms with E-state index >= 15 is 0 Å². The van der Waals surface area contributed by atoms with Gasteiger partial charge >= 0.3 is 6.09 Å². The van der Waals surface area contributed by atoms with Crippen LogP contribution in [0.3, 0.4) is 0 Å². The first-order valence-electron chi connectivity index (χ1n) is 7.83. The van der Waals surface area contributed by atoms with Crippen LogP contribution in [0.2, 0.25) is 0 Å². The maximum Gasteiger partial charge on any atom is 0.433 e. The Morgan fingerprint density at radius 2 is 1.95 bits per heavy atom. The van der Waals surface area contributed by atoms with Crippen LogP contribution >= 0.6 is 0 Å². The molecule has 3 aliphatic carbocycles. The molecule has 106 valence electrons. The van der Waals surface area contributed by atoms with E-state index in [9.17, 15) is 4.79 Å². The smallest absolute Gasteiger partial charge is 0.314 e. The molecule has 1 N–H and O–H groups in total. The summed E-state index contributed by atoms with van der Waals surface area (Å²) in [7, 11) is 0. The van der Waals surface area contributed by atoms with Crippen LogP contribution in [0.1, 0.15) is 70.6 Å². The third kappa shape index (κ3) is 3.10. The molecule has 0 aromatic rings. The number of carbonyl (C=O) groups is 1. The van der Waals surface area contributed by atoms with Crippen molar-refractivity contribution in [3.63, 3.8) is 0 Å². The van der Waals surface area contributed by atoms with Crippen molar-refractivity contribution in [2.24, 2.45) is 11.1 Å². The van der Waals surface area contributed by atoms with E-state index in [1.165, 1.54) is 44.9 Å². The van der Waals surface area contributed by atoms with Gasteiger partial charge in [-0.2, -0.15) is 0 Å². The molecule has 0 aromatic heterocycles. The van der Waals surface area contributed by atoms with Crippen LogP contribution in [0, 0.1) is 5.92 Å². The minimum atomic E-state index is -0.346. The van der Waals surface area contributed by atoms with Gasteiger partial charge in [0.2, 0.25) is 0 Å². The number of carbonyl (C=O) groups excluding carboxylic acids is 1. The van der Waals surface area contributed by atoms with E-state index in [2.05, 4.69) is 10.5 Å². The summed E-state index contributed by atoms with van der Waals surface area (Å²) in [6.45, 7) is 0. The van der Waals surface area contributed by atoms with Gasteiger partial charge in [0.1, 0.15) is 0 Å². The molecule has 3 aliphatic rings. The van der Waals surface area contributed by atoms with Crippen molar-refractivity contribution in [2.75, 3.05) is 0 Å². The topological polar surface area (TPSA) is 50.7 Å². The maximum atomic E-state index is 11.8. The molecular formula is C15H24N2O2. The van der Waals surface area contributed by atoms with Crippen LogP contribution in [0.4, 0.5) is 4.79 Å². The van der Waals surface area contributed by atoms with Crippen LogP contribution in [-0.2, 0) is 4.84 Å². The first-order chi connectivity index (χ1) is 9.28. The predicted octanol–water partition coefficient (Wildman–Crippen LogP) is 3.76. The summed E-state index contributed by atoms with van der Waals surface area (Å²) in [4.78, 5) is 16.9. The van der Waals surface area contributed by atoms with Gasteiger partial charge in [-0.05, 0) is 50.9 Å². The van der Waals surface area contributed by atoms with Crippen LogP contribution in [0.25, 0.3) is 0 Å². The molecule has 3 rings (SSSR count). The number of nitrogens with zero attached hydrogens (tertiary/aromatic N) is 1. The summed E-state index contributed by atoms with van der Waals surface area (Å²) in [5, 5.41) is 7.12. The summed E-state index contributed by atoms with van der Waals surface area (Å²) >= 11 is 0. The number of amides is 1. The maximum absolute atomic E-state index is 11.8. The molecule has 3 saturated carbocycles. The molecule has 0 heterocycles. The van der Waals surface area contributed by atoms with Crippen molar-refractivity contribution >= 4 is 11.8 Å². The number of hydrogen-bond acceptors (Lipinski definition) is 3. The summed E-state index contributed by atoms with van der Waals surface area (Å²) in [5.74, 6) is 0.694. The zero-order valence-corrected chi connectivity index (χ0v) is 11.6. The Morgan fingerprint density at radius 3 is 2.68 bits per heavy atom. The lowest BCUT2D eigenvalue weighted by atomic mass is 9.95. The van der Waals surface area contributed by atoms with Gasteiger partial charge in [0.25, 0.3) is 0 Å². The van der Waals surface area contributed by atoms with Gasteiger partial charge in [0.15, 0.2) is 0 Å². The molecule has 3 fully saturated rings. The van der Waals surface area contributed by atoms with Crippen molar-refractivity contribution < 1.29 is 9.63 Å². The second-order valence-corrected chi connectivity index (χ2v) is 6.38. The predicted molar refractivity (Wildman–Crippen MR) is 74.1 cm³/mol. The van der Waals surface area contributed by atoms with Crippen LogP contribution < -0.4 is 5.32 Å². The molecule has 0 bridgehead atoms. The molecule has 4 heteroatoms. The summed E-state index contributed by atoms with van der Waals surface area (Å²) in [6.07, 6.45) is 12.6. The monoisotopic (exact) mass is 264 g/mol. The molecule has 19 heavy (non-hydrogen) atoms. The Hall–Kier alpha value is -1.06. The molecule has 0 spiro atoms. The third-order valence-corrected chi connectivity index (χ3v) is 4.95. The van der Waals surface area contributed by atoms with E-state index in [1.54, 1.807) is 0 Å². The fourth-order valence-corrected chi connectivity index (χ4v) is 3.67. The summed E-state index contributed by atoms with van der Waals surface area (Å²) in [6, 6.07) is 0. The van der Waals surface area contributed by atoms with Crippen molar-refractivity contribution in [3.05, 3.63) is 0 Å². The molecule has 1 amide bonds. The second kappa shape index (κ2) is 5.51. The highest BCUT2D eigenvalue weighted by atomic mass is 16.7. The lowest BCUT2D eigenvalue weighted by molar-refractivity contribution is 0.141. The average Bonchev–Trinajstić information content (AvgIpc) is 3.16. The van der Waals surface area contributed by atoms with Crippen LogP contribution in [0.5, 0.6) is 0 Å². The van der Waals surface area contributed by atoms with Gasteiger partial charge in [-0.1, -0.05) is 30.8 Å². The molecule has 0 aliphatic heterocycles. The lowest BCUT2D eigenvalue weighted by Gasteiger charge is -2.22. The van der Waals surface area contributed by atoms with E-state index in [1.807, 2.05) is 0 Å². The standard InChI is InChI=1S/C15H24N2O2/c18-14(16-15-10-6-5-7-12(15)11-15)19-17-13-8-3-1-2-4-9-13/h12H,1-11H2,(H,16,18). The molecule has 0 radical (unpaired) electrons. The van der Waals surface area contributed by atoms with Gasteiger partial charge in [-0.15, -0.1) is 0 Å². The van der Waals surface area contributed by atoms with Gasteiger partial charge in [0, 0.05) is 5.54 Å². The molecular weight excluding hydrogens is 240 g/mol. The Labute approximate surface area is 115 Å². The summed E-state index contributed by atoms with van der Waals surface area (Å²) < 4.78 is 0. The molecule has 0 saturated heterocycles. The number of fused-ring (bicyclic) bond motifs is 1. The van der Waals surface area contributed by atoms with Crippen molar-refractivity contribution in [1.82, 2.24) is 5.32 Å². The number of nitrogens with one attached hydrogen (secondary N) is 1. The van der Waals surface area contributed by atoms with E-state index in [-0.39, 0.29) is 11.6 Å². The van der Waals surface area contributed by atoms with Gasteiger partial charge in [-0.3, -0.25) is 4.84 Å². The molecule has 4 nitrogen and oxygen atoms in total. The lowest BCUT2D eigenvalue weighted by Crippen LogP contribution is -2.39. The first-order valence-corrected chi connectivity index (χ1v) is 7.83. The molecule has 2 atom stereocenters. The second-order valence-electron chi connectivity index (χ2n) is 6.38. The number of rotatable bonds is 2. The number of oxime groups is 1. The average molecular weight is 264 g/mol. The molecule has 0 aromatic carbocycles. The molecule has 2 unspecified atom stereocenters. The Bertz CT molecular complexity index is 370. The zero-order valence-electron chi connectivity index (χ0n) is 11.6. The third-order valence-electron chi connectivity index (χ3n) is 4.95. The largest absolute Gasteiger partial charge is 0.433 e. The number of hydrogen-bond donors (Lipinski definition) is 1. The SMILES string of the molecule is O=C(NC12CCCCC1C2)ON=C1CCCCCC1. The highest BCUT2D eigenvalue weighted by Crippen LogP contribution is 2.53. The minimum Gasteiger partial charge on any atom is -0.314 e. The highest BCUT2D eigenvalue weighted by Gasteiger charge is 2.56. The zero-order chi connectivity index (χ0) is 13.1. The highest BCUT2D eigenvalue weighted by molar-refractivity contribution is 5.84. The van der Waals surface area contributed by atoms with Gasteiger partial charge in [0.05, 0.1) is 5.71 Å². The van der Waals surface area contributed by atoms with Crippen molar-refractivity contribution in [3.8, 4) is 0 Å². The van der Waals surface area contributed by atoms with Crippen LogP contribution in [0.15, 0.2) is 5.16 Å². The normalized spacial score (nSPS) is 33.9. The first kappa shape index (κ1) is 12.9. The Balaban J connectivity index is 1.47. The van der Waals surface area contributed by atoms with Crippen molar-refractivity contribution in [2.45, 2.75) is 76.2 Å². The fourth-order valence-electron chi connectivity index (χ4n) is 3.67. The Kier molecular flexibility index (Phi) is 3.76. The minimum absolute atomic E-state index is 0.0684. The Morgan fingerprint density at radius 1 is 1.16 bits per heavy atom. The summed E-state index contributed by atoms with van der Waals surface area (Å²) in [5.41, 5.74) is 1.13. The van der Waals surface area contributed by atoms with Gasteiger partial charge in [-0.25, -0.2) is 4.79 Å². The van der Waals surface area contributed by atoms with Crippen molar-refractivity contribution in [1.29, 1.82) is 0 Å². The van der Waals surface area contributed by atoms with E-state index < -0.39 is 0 Å². The fraction of sp³-hybridized carbons (Fsp3) is 0.867. The van der Waals surface area contributed by atoms with E-state index in [0.717, 1.165) is 31.4 Å². The van der Waals surface area contributed by atoms with Crippen LogP contribution in [-0.4, -0.2) is 17.3 Å². The van der Waals surface area contributed by atoms with E-state index in [0.29, 0.717) is 5.92 Å². The van der Waals surface area contributed by atoms with Gasteiger partial charge < -0.3 is 5.32 Å².